The van der Waals surface area contributed by atoms with Crippen LogP contribution in [0.15, 0.2) is 24.3 Å². The molecule has 1 aliphatic carbocycles. The van der Waals surface area contributed by atoms with Gasteiger partial charge in [-0.25, -0.2) is 0 Å². The van der Waals surface area contributed by atoms with Crippen molar-refractivity contribution in [2.24, 2.45) is 0 Å². The van der Waals surface area contributed by atoms with Crippen LogP contribution < -0.4 is 0 Å². The predicted molar refractivity (Wildman–Crippen MR) is 43.0 cm³/mol. The van der Waals surface area contributed by atoms with E-state index in [2.05, 4.69) is 0 Å². The zero-order valence-corrected chi connectivity index (χ0v) is 6.04. The molecule has 11 heavy (non-hydrogen) atoms. The summed E-state index contributed by atoms with van der Waals surface area (Å²) in [7, 11) is 0. The molecule has 2 N–H and O–H groups in total. The fourth-order valence-corrected chi connectivity index (χ4v) is 1.45. The van der Waals surface area contributed by atoms with Gasteiger partial charge in [-0.3, -0.25) is 0 Å². The summed E-state index contributed by atoms with van der Waals surface area (Å²) < 4.78 is 0. The summed E-state index contributed by atoms with van der Waals surface area (Å²) in [5, 5.41) is 16.8. The third-order valence-corrected chi connectivity index (χ3v) is 2.05. The van der Waals surface area contributed by atoms with Gasteiger partial charge in [0, 0.05) is 12.0 Å². The van der Waals surface area contributed by atoms with E-state index in [9.17, 15) is 5.11 Å². The van der Waals surface area contributed by atoms with Crippen LogP contribution in [0.1, 0.15) is 11.1 Å². The second kappa shape index (κ2) is 2.17. The number of hydrogen-bond acceptors (Lipinski definition) is 2. The first-order chi connectivity index (χ1) is 5.29. The Morgan fingerprint density at radius 3 is 2.82 bits per heavy atom. The van der Waals surface area contributed by atoms with E-state index in [4.69, 9.17) is 5.41 Å². The zero-order chi connectivity index (χ0) is 7.84. The zero-order valence-electron chi connectivity index (χ0n) is 6.04. The molecule has 1 aliphatic rings. The lowest BCUT2D eigenvalue weighted by Gasteiger charge is -1.97. The Kier molecular flexibility index (Phi) is 1.29. The van der Waals surface area contributed by atoms with E-state index < -0.39 is 6.10 Å². The van der Waals surface area contributed by atoms with Crippen LogP contribution in [-0.2, 0) is 6.42 Å². The maximum absolute atomic E-state index is 9.29. The topological polar surface area (TPSA) is 44.1 Å². The van der Waals surface area contributed by atoms with Gasteiger partial charge in [-0.05, 0) is 5.56 Å². The van der Waals surface area contributed by atoms with E-state index in [1.165, 1.54) is 0 Å². The van der Waals surface area contributed by atoms with Crippen LogP contribution in [0.25, 0.3) is 0 Å². The van der Waals surface area contributed by atoms with Crippen molar-refractivity contribution in [1.82, 2.24) is 0 Å². The largest absolute Gasteiger partial charge is 0.386 e. The first kappa shape index (κ1) is 6.55. The van der Waals surface area contributed by atoms with Crippen LogP contribution in [0.5, 0.6) is 0 Å². The summed E-state index contributed by atoms with van der Waals surface area (Å²) in [5.74, 6) is 0. The molecule has 0 bridgehead atoms. The normalized spacial score (nSPS) is 21.9. The minimum atomic E-state index is -0.576. The van der Waals surface area contributed by atoms with Crippen LogP contribution in [0.3, 0.4) is 0 Å². The number of rotatable bonds is 0. The first-order valence-corrected chi connectivity index (χ1v) is 3.64. The van der Waals surface area contributed by atoms with E-state index in [0.717, 1.165) is 11.1 Å². The van der Waals surface area contributed by atoms with E-state index in [-0.39, 0.29) is 0 Å². The van der Waals surface area contributed by atoms with Gasteiger partial charge >= 0.3 is 0 Å². The Morgan fingerprint density at radius 2 is 2.09 bits per heavy atom. The summed E-state index contributed by atoms with van der Waals surface area (Å²) in [6, 6.07) is 7.67. The molecule has 0 aliphatic heterocycles. The smallest absolute Gasteiger partial charge is 0.0999 e. The van der Waals surface area contributed by atoms with Gasteiger partial charge in [-0.1, -0.05) is 24.3 Å². The maximum atomic E-state index is 9.29. The molecule has 2 heteroatoms. The first-order valence-electron chi connectivity index (χ1n) is 3.64. The number of hydrogen-bond donors (Lipinski definition) is 2. The summed E-state index contributed by atoms with van der Waals surface area (Å²) >= 11 is 0. The van der Waals surface area contributed by atoms with Crippen molar-refractivity contribution < 1.29 is 5.11 Å². The van der Waals surface area contributed by atoms with Crippen LogP contribution in [0, 0.1) is 5.41 Å². The van der Waals surface area contributed by atoms with Gasteiger partial charge in [0.05, 0.1) is 11.8 Å². The molecular weight excluding hydrogens is 138 g/mol. The van der Waals surface area contributed by atoms with E-state index in [0.29, 0.717) is 12.1 Å². The Balaban J connectivity index is 2.55. The van der Waals surface area contributed by atoms with Crippen molar-refractivity contribution in [2.75, 3.05) is 0 Å². The minimum Gasteiger partial charge on any atom is -0.386 e. The van der Waals surface area contributed by atoms with Gasteiger partial charge in [0.25, 0.3) is 0 Å². The summed E-state index contributed by atoms with van der Waals surface area (Å²) in [5.41, 5.74) is 2.35. The lowest BCUT2D eigenvalue weighted by atomic mass is 10.1. The molecular formula is C9H9NO. The quantitative estimate of drug-likeness (QED) is 0.564. The second-order valence-corrected chi connectivity index (χ2v) is 2.79. The van der Waals surface area contributed by atoms with Crippen LogP contribution in [0.4, 0.5) is 0 Å². The molecule has 0 heterocycles. The number of aliphatic hydroxyl groups is 1. The molecule has 2 rings (SSSR count). The average molecular weight is 147 g/mol. The van der Waals surface area contributed by atoms with Gasteiger partial charge in [0.2, 0.25) is 0 Å². The van der Waals surface area contributed by atoms with Gasteiger partial charge < -0.3 is 10.5 Å². The highest BCUT2D eigenvalue weighted by Gasteiger charge is 2.23. The van der Waals surface area contributed by atoms with Crippen molar-refractivity contribution >= 4 is 5.71 Å². The van der Waals surface area contributed by atoms with Crippen molar-refractivity contribution in [2.45, 2.75) is 12.5 Å². The Bertz CT molecular complexity index is 306. The van der Waals surface area contributed by atoms with E-state index in [1.807, 2.05) is 24.3 Å². The van der Waals surface area contributed by atoms with Crippen LogP contribution >= 0.6 is 0 Å². The molecule has 0 amide bonds. The SMILES string of the molecule is N=C1c2ccccc2CC1O. The van der Waals surface area contributed by atoms with Crippen LogP contribution in [-0.4, -0.2) is 16.9 Å². The van der Waals surface area contributed by atoms with E-state index >= 15 is 0 Å². The molecule has 1 aromatic carbocycles. The molecule has 1 aromatic rings. The molecule has 1 unspecified atom stereocenters. The highest BCUT2D eigenvalue weighted by Crippen LogP contribution is 2.21. The van der Waals surface area contributed by atoms with Crippen molar-refractivity contribution in [3.05, 3.63) is 35.4 Å². The predicted octanol–water partition coefficient (Wildman–Crippen LogP) is 0.971. The third-order valence-electron chi connectivity index (χ3n) is 2.05. The fourth-order valence-electron chi connectivity index (χ4n) is 1.45. The van der Waals surface area contributed by atoms with Gasteiger partial charge in [-0.15, -0.1) is 0 Å². The van der Waals surface area contributed by atoms with Gasteiger partial charge in [0.1, 0.15) is 0 Å². The number of aliphatic hydroxyl groups excluding tert-OH is 1. The number of fused-ring (bicyclic) bond motifs is 1. The molecule has 0 aromatic heterocycles. The van der Waals surface area contributed by atoms with Gasteiger partial charge in [0.15, 0.2) is 0 Å². The molecule has 0 fully saturated rings. The standard InChI is InChI=1S/C9H9NO/c10-9-7-4-2-1-3-6(7)5-8(9)11/h1-4,8,10-11H,5H2. The molecule has 0 radical (unpaired) electrons. The van der Waals surface area contributed by atoms with Crippen molar-refractivity contribution in [1.29, 1.82) is 5.41 Å². The lowest BCUT2D eigenvalue weighted by Crippen LogP contribution is -2.13. The Labute approximate surface area is 65.0 Å². The van der Waals surface area contributed by atoms with Crippen molar-refractivity contribution in [3.63, 3.8) is 0 Å². The molecule has 0 saturated heterocycles. The molecule has 0 saturated carbocycles. The summed E-state index contributed by atoms with van der Waals surface area (Å²) in [6.07, 6.45) is 0.0297. The Morgan fingerprint density at radius 1 is 1.36 bits per heavy atom. The lowest BCUT2D eigenvalue weighted by molar-refractivity contribution is 0.247. The number of benzene rings is 1. The molecule has 2 nitrogen and oxygen atoms in total. The van der Waals surface area contributed by atoms with Crippen LogP contribution in [0.2, 0.25) is 0 Å². The molecule has 0 spiro atoms. The summed E-state index contributed by atoms with van der Waals surface area (Å²) in [6.45, 7) is 0. The number of nitrogens with one attached hydrogen (secondary N) is 1. The average Bonchev–Trinajstić information content (AvgIpc) is 2.30. The summed E-state index contributed by atoms with van der Waals surface area (Å²) in [4.78, 5) is 0. The Hall–Kier alpha value is -1.15. The molecule has 1 atom stereocenters. The second-order valence-electron chi connectivity index (χ2n) is 2.79. The molecule has 56 valence electrons. The minimum absolute atomic E-state index is 0.362. The van der Waals surface area contributed by atoms with E-state index in [1.54, 1.807) is 0 Å². The highest BCUT2D eigenvalue weighted by atomic mass is 16.3. The maximum Gasteiger partial charge on any atom is 0.0999 e. The van der Waals surface area contributed by atoms with Gasteiger partial charge in [-0.2, -0.15) is 0 Å². The fraction of sp³-hybridized carbons (Fsp3) is 0.222. The monoisotopic (exact) mass is 147 g/mol. The third kappa shape index (κ3) is 0.870. The van der Waals surface area contributed by atoms with Crippen molar-refractivity contribution in [3.8, 4) is 0 Å². The highest BCUT2D eigenvalue weighted by molar-refractivity contribution is 6.05.